The zero-order valence-electron chi connectivity index (χ0n) is 13.5. The third-order valence-electron chi connectivity index (χ3n) is 3.18. The minimum absolute atomic E-state index is 0.113. The first-order valence-corrected chi connectivity index (χ1v) is 8.25. The number of carbonyl (C=O) groups excluding carboxylic acids is 2. The van der Waals surface area contributed by atoms with Crippen molar-refractivity contribution >= 4 is 28.2 Å². The molecule has 0 aliphatic rings. The second kappa shape index (κ2) is 8.58. The quantitative estimate of drug-likeness (QED) is 0.588. The molecule has 0 aliphatic heterocycles. The number of anilines is 1. The van der Waals surface area contributed by atoms with Gasteiger partial charge in [-0.15, -0.1) is 11.3 Å². The molecule has 1 aromatic rings. The summed E-state index contributed by atoms with van der Waals surface area (Å²) in [6.45, 7) is 10.8. The number of thiophene rings is 1. The van der Waals surface area contributed by atoms with Crippen molar-refractivity contribution < 1.29 is 14.3 Å². The Balaban J connectivity index is 3.09. The highest BCUT2D eigenvalue weighted by atomic mass is 32.1. The molecule has 0 spiro atoms. The molecular weight excluding hydrogens is 300 g/mol. The van der Waals surface area contributed by atoms with Crippen LogP contribution in [0.25, 0.3) is 0 Å². The van der Waals surface area contributed by atoms with Crippen LogP contribution in [0, 0.1) is 6.92 Å². The summed E-state index contributed by atoms with van der Waals surface area (Å²) in [5, 5.41) is 0.366. The highest BCUT2D eigenvalue weighted by Crippen LogP contribution is 2.32. The average molecular weight is 324 g/mol. The van der Waals surface area contributed by atoms with E-state index in [0.717, 1.165) is 24.2 Å². The van der Waals surface area contributed by atoms with Crippen molar-refractivity contribution in [3.8, 4) is 0 Å². The Kier molecular flexibility index (Phi) is 7.11. The summed E-state index contributed by atoms with van der Waals surface area (Å²) in [5.74, 6) is -0.580. The number of carbonyl (C=O) groups is 2. The first-order chi connectivity index (χ1) is 10.5. The monoisotopic (exact) mass is 324 g/mol. The van der Waals surface area contributed by atoms with Crippen molar-refractivity contribution in [2.75, 3.05) is 25.4 Å². The number of ether oxygens (including phenoxy) is 1. The van der Waals surface area contributed by atoms with Crippen LogP contribution in [0.3, 0.4) is 0 Å². The summed E-state index contributed by atoms with van der Waals surface area (Å²) in [6.07, 6.45) is 3.26. The molecule has 0 radical (unpaired) electrons. The topological polar surface area (TPSA) is 72.6 Å². The Bertz CT molecular complexity index is 546. The molecule has 22 heavy (non-hydrogen) atoms. The highest BCUT2D eigenvalue weighted by molar-refractivity contribution is 7.18. The normalized spacial score (nSPS) is 10.3. The van der Waals surface area contributed by atoms with Gasteiger partial charge >= 0.3 is 5.97 Å². The number of esters is 1. The zero-order chi connectivity index (χ0) is 16.7. The van der Waals surface area contributed by atoms with E-state index in [9.17, 15) is 9.59 Å². The molecule has 122 valence electrons. The van der Waals surface area contributed by atoms with Gasteiger partial charge in [0.15, 0.2) is 0 Å². The Morgan fingerprint density at radius 1 is 1.32 bits per heavy atom. The predicted octanol–water partition coefficient (Wildman–Crippen LogP) is 3.24. The van der Waals surface area contributed by atoms with Crippen molar-refractivity contribution in [1.82, 2.24) is 4.90 Å². The highest BCUT2D eigenvalue weighted by Gasteiger charge is 2.26. The number of rotatable bonds is 8. The van der Waals surface area contributed by atoms with Crippen LogP contribution in [0.4, 0.5) is 5.00 Å². The first kappa shape index (κ1) is 18.2. The van der Waals surface area contributed by atoms with E-state index in [2.05, 4.69) is 6.58 Å². The van der Waals surface area contributed by atoms with Gasteiger partial charge in [0.25, 0.3) is 5.91 Å². The lowest BCUT2D eigenvalue weighted by atomic mass is 10.1. The standard InChI is InChI=1S/C16H24N2O3S/c1-5-8-18(9-6-2)15(19)12-11(4)13(22-14(12)17)16(20)21-10-7-3/h7H,3,5-6,8-10,17H2,1-2,4H3. The van der Waals surface area contributed by atoms with Gasteiger partial charge in [0.1, 0.15) is 11.5 Å². The van der Waals surface area contributed by atoms with Crippen LogP contribution < -0.4 is 5.73 Å². The number of nitrogen functional groups attached to an aromatic ring is 1. The van der Waals surface area contributed by atoms with Crippen LogP contribution in [0.15, 0.2) is 12.7 Å². The molecule has 2 N–H and O–H groups in total. The summed E-state index contributed by atoms with van der Waals surface area (Å²) in [7, 11) is 0. The minimum atomic E-state index is -0.467. The van der Waals surface area contributed by atoms with E-state index in [1.807, 2.05) is 13.8 Å². The van der Waals surface area contributed by atoms with Gasteiger partial charge in [-0.1, -0.05) is 26.5 Å². The van der Waals surface area contributed by atoms with Crippen LogP contribution in [0.2, 0.25) is 0 Å². The van der Waals surface area contributed by atoms with E-state index in [1.54, 1.807) is 11.8 Å². The average Bonchev–Trinajstić information content (AvgIpc) is 2.79. The molecule has 1 amide bonds. The van der Waals surface area contributed by atoms with Crippen LogP contribution in [0.1, 0.15) is 52.3 Å². The van der Waals surface area contributed by atoms with Gasteiger partial charge in [-0.05, 0) is 25.3 Å². The lowest BCUT2D eigenvalue weighted by Crippen LogP contribution is -2.33. The Hall–Kier alpha value is -1.82. The molecule has 0 aliphatic carbocycles. The van der Waals surface area contributed by atoms with E-state index in [0.29, 0.717) is 34.1 Å². The van der Waals surface area contributed by atoms with Crippen LogP contribution in [-0.4, -0.2) is 36.5 Å². The number of hydrogen-bond donors (Lipinski definition) is 1. The number of amides is 1. The molecule has 1 heterocycles. The smallest absolute Gasteiger partial charge is 0.348 e. The number of nitrogens with two attached hydrogens (primary N) is 1. The van der Waals surface area contributed by atoms with Crippen molar-refractivity contribution in [1.29, 1.82) is 0 Å². The molecule has 0 unspecified atom stereocenters. The molecule has 0 bridgehead atoms. The van der Waals surface area contributed by atoms with Gasteiger partial charge in [-0.25, -0.2) is 4.79 Å². The molecule has 1 aromatic heterocycles. The SMILES string of the molecule is C=CCOC(=O)c1sc(N)c(C(=O)N(CCC)CCC)c1C. The van der Waals surface area contributed by atoms with Crippen molar-refractivity contribution in [3.05, 3.63) is 28.7 Å². The second-order valence-electron chi connectivity index (χ2n) is 4.97. The van der Waals surface area contributed by atoms with Gasteiger partial charge in [-0.3, -0.25) is 4.79 Å². The maximum Gasteiger partial charge on any atom is 0.348 e. The largest absolute Gasteiger partial charge is 0.457 e. The molecule has 0 saturated carbocycles. The van der Waals surface area contributed by atoms with E-state index >= 15 is 0 Å². The van der Waals surface area contributed by atoms with Crippen LogP contribution in [-0.2, 0) is 4.74 Å². The van der Waals surface area contributed by atoms with Crippen molar-refractivity contribution in [2.24, 2.45) is 0 Å². The van der Waals surface area contributed by atoms with Gasteiger partial charge in [0, 0.05) is 13.1 Å². The second-order valence-corrected chi connectivity index (χ2v) is 6.03. The fourth-order valence-corrected chi connectivity index (χ4v) is 3.17. The summed E-state index contributed by atoms with van der Waals surface area (Å²) in [6, 6.07) is 0. The molecule has 0 fully saturated rings. The molecule has 6 heteroatoms. The summed E-state index contributed by atoms with van der Waals surface area (Å²) < 4.78 is 5.03. The van der Waals surface area contributed by atoms with E-state index in [1.165, 1.54) is 6.08 Å². The summed E-state index contributed by atoms with van der Waals surface area (Å²) >= 11 is 1.10. The van der Waals surface area contributed by atoms with Crippen molar-refractivity contribution in [3.63, 3.8) is 0 Å². The van der Waals surface area contributed by atoms with Gasteiger partial charge < -0.3 is 15.4 Å². The maximum atomic E-state index is 12.7. The lowest BCUT2D eigenvalue weighted by Gasteiger charge is -2.21. The zero-order valence-corrected chi connectivity index (χ0v) is 14.3. The molecule has 0 saturated heterocycles. The van der Waals surface area contributed by atoms with E-state index < -0.39 is 5.97 Å². The fraction of sp³-hybridized carbons (Fsp3) is 0.500. The predicted molar refractivity (Wildman–Crippen MR) is 90.4 cm³/mol. The Labute approximate surface area is 135 Å². The number of nitrogens with zero attached hydrogens (tertiary/aromatic N) is 1. The Morgan fingerprint density at radius 2 is 1.91 bits per heavy atom. The fourth-order valence-electron chi connectivity index (χ4n) is 2.21. The lowest BCUT2D eigenvalue weighted by molar-refractivity contribution is 0.0554. The third kappa shape index (κ3) is 4.10. The van der Waals surface area contributed by atoms with E-state index in [-0.39, 0.29) is 12.5 Å². The van der Waals surface area contributed by atoms with Crippen LogP contribution >= 0.6 is 11.3 Å². The van der Waals surface area contributed by atoms with Gasteiger partial charge in [0.2, 0.25) is 0 Å². The molecule has 1 rings (SSSR count). The molecule has 5 nitrogen and oxygen atoms in total. The number of hydrogen-bond acceptors (Lipinski definition) is 5. The van der Waals surface area contributed by atoms with Gasteiger partial charge in [0.05, 0.1) is 10.6 Å². The minimum Gasteiger partial charge on any atom is -0.457 e. The first-order valence-electron chi connectivity index (χ1n) is 7.43. The maximum absolute atomic E-state index is 12.7. The third-order valence-corrected chi connectivity index (χ3v) is 4.28. The Morgan fingerprint density at radius 3 is 2.41 bits per heavy atom. The van der Waals surface area contributed by atoms with Crippen LogP contribution in [0.5, 0.6) is 0 Å². The summed E-state index contributed by atoms with van der Waals surface area (Å²) in [5.41, 5.74) is 7.01. The van der Waals surface area contributed by atoms with Gasteiger partial charge in [-0.2, -0.15) is 0 Å². The van der Waals surface area contributed by atoms with Crippen molar-refractivity contribution in [2.45, 2.75) is 33.6 Å². The molecular formula is C16H24N2O3S. The summed E-state index contributed by atoms with van der Waals surface area (Å²) in [4.78, 5) is 26.9. The molecule has 0 aromatic carbocycles. The molecule has 0 atom stereocenters. The van der Waals surface area contributed by atoms with E-state index in [4.69, 9.17) is 10.5 Å².